The molecule has 0 radical (unpaired) electrons. The van der Waals surface area contributed by atoms with Crippen molar-refractivity contribution in [3.8, 4) is 0 Å². The van der Waals surface area contributed by atoms with Gasteiger partial charge in [0, 0.05) is 0 Å². The van der Waals surface area contributed by atoms with E-state index in [9.17, 15) is 19.5 Å². The van der Waals surface area contributed by atoms with Crippen molar-refractivity contribution in [3.63, 3.8) is 0 Å². The molecule has 2 aliphatic rings. The van der Waals surface area contributed by atoms with Gasteiger partial charge in [-0.1, -0.05) is 6.07 Å². The Kier molecular flexibility index (Phi) is 4.57. The third-order valence-electron chi connectivity index (χ3n) is 4.31. The van der Waals surface area contributed by atoms with Gasteiger partial charge >= 0.3 is 11.9 Å². The molecule has 0 unspecified atom stereocenters. The highest BCUT2D eigenvalue weighted by atomic mass is 32.1. The summed E-state index contributed by atoms with van der Waals surface area (Å²) in [5.41, 5.74) is -1.61. The fourth-order valence-electron chi connectivity index (χ4n) is 3.14. The van der Waals surface area contributed by atoms with Crippen LogP contribution in [0.1, 0.15) is 16.1 Å². The van der Waals surface area contributed by atoms with E-state index in [1.54, 1.807) is 17.5 Å². The molecule has 0 bridgehead atoms. The second kappa shape index (κ2) is 6.50. The number of amides is 1. The minimum Gasteiger partial charge on any atom is -0.467 e. The molecule has 1 amide bonds. The van der Waals surface area contributed by atoms with E-state index in [0.29, 0.717) is 11.3 Å². The second-order valence-corrected chi connectivity index (χ2v) is 6.65. The largest absolute Gasteiger partial charge is 0.467 e. The van der Waals surface area contributed by atoms with Crippen LogP contribution in [-0.2, 0) is 23.8 Å². The van der Waals surface area contributed by atoms with Crippen LogP contribution in [0.4, 0.5) is 0 Å². The number of hydrogen-bond donors (Lipinski definition) is 2. The molecule has 3 heterocycles. The minimum atomic E-state index is -1.61. The third kappa shape index (κ3) is 2.68. The standard InChI is InChI=1S/C15H17NO7S/c1-21-14(20)15(7-17)11-9(12(18)16-15)5-8(23-11)6-22-13(19)10-3-2-4-24-10/h2-4,8-9,11,17H,5-7H2,1H3,(H,16,18)/t8-,9+,11-,15+/m0/s1. The summed E-state index contributed by atoms with van der Waals surface area (Å²) in [6.45, 7) is -0.659. The molecule has 130 valence electrons. The Labute approximate surface area is 141 Å². The number of aliphatic hydroxyl groups is 1. The first-order chi connectivity index (χ1) is 11.5. The zero-order valence-electron chi connectivity index (χ0n) is 12.9. The van der Waals surface area contributed by atoms with Crippen LogP contribution in [-0.4, -0.2) is 61.0 Å². The van der Waals surface area contributed by atoms with Crippen LogP contribution in [0, 0.1) is 5.92 Å². The van der Waals surface area contributed by atoms with Crippen molar-refractivity contribution in [2.45, 2.75) is 24.2 Å². The lowest BCUT2D eigenvalue weighted by Crippen LogP contribution is -2.59. The smallest absolute Gasteiger partial charge is 0.348 e. The van der Waals surface area contributed by atoms with Crippen LogP contribution >= 0.6 is 11.3 Å². The molecule has 0 aliphatic carbocycles. The van der Waals surface area contributed by atoms with Crippen molar-refractivity contribution < 1.29 is 33.7 Å². The second-order valence-electron chi connectivity index (χ2n) is 5.71. The van der Waals surface area contributed by atoms with Crippen LogP contribution in [0.5, 0.6) is 0 Å². The number of rotatable bonds is 5. The Bertz CT molecular complexity index is 646. The monoisotopic (exact) mass is 355 g/mol. The van der Waals surface area contributed by atoms with Gasteiger partial charge in [0.15, 0.2) is 5.54 Å². The first-order valence-corrected chi connectivity index (χ1v) is 8.27. The normalized spacial score (nSPS) is 31.4. The topological polar surface area (TPSA) is 111 Å². The minimum absolute atomic E-state index is 0.0281. The van der Waals surface area contributed by atoms with Crippen molar-refractivity contribution in [2.24, 2.45) is 5.92 Å². The van der Waals surface area contributed by atoms with Crippen LogP contribution < -0.4 is 5.32 Å². The number of ether oxygens (including phenoxy) is 3. The summed E-state index contributed by atoms with van der Waals surface area (Å²) in [5.74, 6) is -2.20. The summed E-state index contributed by atoms with van der Waals surface area (Å²) in [6, 6.07) is 3.40. The number of carbonyl (C=O) groups is 3. The summed E-state index contributed by atoms with van der Waals surface area (Å²) in [4.78, 5) is 36.5. The average molecular weight is 355 g/mol. The maximum Gasteiger partial charge on any atom is 0.348 e. The molecular weight excluding hydrogens is 338 g/mol. The van der Waals surface area contributed by atoms with Gasteiger partial charge in [-0.15, -0.1) is 11.3 Å². The van der Waals surface area contributed by atoms with E-state index in [1.165, 1.54) is 18.4 Å². The lowest BCUT2D eigenvalue weighted by atomic mass is 9.89. The molecular formula is C15H17NO7S. The Balaban J connectivity index is 1.66. The highest BCUT2D eigenvalue weighted by molar-refractivity contribution is 7.11. The molecule has 3 rings (SSSR count). The molecule has 2 N–H and O–H groups in total. The molecule has 24 heavy (non-hydrogen) atoms. The summed E-state index contributed by atoms with van der Waals surface area (Å²) >= 11 is 1.27. The summed E-state index contributed by atoms with van der Waals surface area (Å²) in [6.07, 6.45) is -1.08. The van der Waals surface area contributed by atoms with E-state index in [1.807, 2.05) is 0 Å². The van der Waals surface area contributed by atoms with Gasteiger partial charge in [0.1, 0.15) is 17.6 Å². The number of hydrogen-bond acceptors (Lipinski definition) is 8. The fraction of sp³-hybridized carbons (Fsp3) is 0.533. The van der Waals surface area contributed by atoms with Crippen molar-refractivity contribution >= 4 is 29.2 Å². The van der Waals surface area contributed by atoms with Crippen molar-refractivity contribution in [3.05, 3.63) is 22.4 Å². The maximum absolute atomic E-state index is 12.1. The van der Waals surface area contributed by atoms with Crippen molar-refractivity contribution in [1.29, 1.82) is 0 Å². The lowest BCUT2D eigenvalue weighted by Gasteiger charge is -2.29. The summed E-state index contributed by atoms with van der Waals surface area (Å²) in [5, 5.41) is 13.9. The SMILES string of the molecule is COC(=O)[C@]1(CO)NC(=O)[C@@H]2C[C@@H](COC(=O)c3cccs3)O[C@@H]21. The molecule has 2 fully saturated rings. The van der Waals surface area contributed by atoms with Gasteiger partial charge in [-0.05, 0) is 17.9 Å². The fourth-order valence-corrected chi connectivity index (χ4v) is 3.75. The van der Waals surface area contributed by atoms with E-state index in [-0.39, 0.29) is 12.5 Å². The highest BCUT2D eigenvalue weighted by Crippen LogP contribution is 2.39. The Morgan fingerprint density at radius 3 is 2.96 bits per heavy atom. The van der Waals surface area contributed by atoms with E-state index in [2.05, 4.69) is 10.1 Å². The van der Waals surface area contributed by atoms with Gasteiger partial charge in [-0.2, -0.15) is 0 Å². The Morgan fingerprint density at radius 2 is 2.33 bits per heavy atom. The van der Waals surface area contributed by atoms with Crippen LogP contribution in [0.3, 0.4) is 0 Å². The number of methoxy groups -OCH3 is 1. The summed E-state index contributed by atoms with van der Waals surface area (Å²) in [7, 11) is 1.18. The number of nitrogens with one attached hydrogen (secondary N) is 1. The first-order valence-electron chi connectivity index (χ1n) is 7.39. The molecule has 1 aromatic heterocycles. The van der Waals surface area contributed by atoms with Gasteiger partial charge in [0.2, 0.25) is 5.91 Å². The zero-order chi connectivity index (χ0) is 17.3. The number of carbonyl (C=O) groups excluding carboxylic acids is 3. The van der Waals surface area contributed by atoms with E-state index >= 15 is 0 Å². The quantitative estimate of drug-likeness (QED) is 0.698. The van der Waals surface area contributed by atoms with Crippen LogP contribution in [0.2, 0.25) is 0 Å². The van der Waals surface area contributed by atoms with Gasteiger partial charge in [0.05, 0.1) is 25.7 Å². The predicted molar refractivity (Wildman–Crippen MR) is 81.3 cm³/mol. The molecule has 8 nitrogen and oxygen atoms in total. The van der Waals surface area contributed by atoms with Crippen molar-refractivity contribution in [1.82, 2.24) is 5.32 Å². The van der Waals surface area contributed by atoms with Crippen LogP contribution in [0.25, 0.3) is 0 Å². The van der Waals surface area contributed by atoms with Crippen molar-refractivity contribution in [2.75, 3.05) is 20.3 Å². The summed E-state index contributed by atoms with van der Waals surface area (Å²) < 4.78 is 15.6. The molecule has 0 spiro atoms. The zero-order valence-corrected chi connectivity index (χ0v) is 13.7. The molecule has 9 heteroatoms. The number of esters is 2. The van der Waals surface area contributed by atoms with E-state index in [0.717, 1.165) is 0 Å². The highest BCUT2D eigenvalue weighted by Gasteiger charge is 2.63. The number of fused-ring (bicyclic) bond motifs is 1. The number of thiophene rings is 1. The molecule has 2 aliphatic heterocycles. The molecule has 0 aromatic carbocycles. The predicted octanol–water partition coefficient (Wildman–Crippen LogP) is -0.287. The van der Waals surface area contributed by atoms with Gasteiger partial charge in [-0.3, -0.25) is 4.79 Å². The van der Waals surface area contributed by atoms with Gasteiger partial charge < -0.3 is 24.6 Å². The molecule has 4 atom stereocenters. The van der Waals surface area contributed by atoms with Gasteiger partial charge in [0.25, 0.3) is 0 Å². The molecule has 0 saturated carbocycles. The first kappa shape index (κ1) is 16.9. The average Bonchev–Trinajstić information content (AvgIpc) is 3.30. The van der Waals surface area contributed by atoms with Crippen LogP contribution in [0.15, 0.2) is 17.5 Å². The van der Waals surface area contributed by atoms with E-state index in [4.69, 9.17) is 9.47 Å². The lowest BCUT2D eigenvalue weighted by molar-refractivity contribution is -0.158. The molecule has 1 aromatic rings. The Morgan fingerprint density at radius 1 is 1.54 bits per heavy atom. The molecule has 2 saturated heterocycles. The third-order valence-corrected chi connectivity index (χ3v) is 5.16. The number of aliphatic hydroxyl groups excluding tert-OH is 1. The van der Waals surface area contributed by atoms with E-state index < -0.39 is 42.2 Å². The Hall–Kier alpha value is -1.97. The van der Waals surface area contributed by atoms with Gasteiger partial charge in [-0.25, -0.2) is 9.59 Å². The maximum atomic E-state index is 12.1.